The maximum absolute atomic E-state index is 11.8. The number of aromatic amines is 1. The van der Waals surface area contributed by atoms with Gasteiger partial charge in [-0.15, -0.1) is 0 Å². The van der Waals surface area contributed by atoms with Gasteiger partial charge >= 0.3 is 29.2 Å². The van der Waals surface area contributed by atoms with E-state index in [4.69, 9.17) is 19.4 Å². The molecule has 2 heterocycles. The Morgan fingerprint density at radius 3 is 2.40 bits per heavy atom. The lowest BCUT2D eigenvalue weighted by molar-refractivity contribution is -0.0525. The van der Waals surface area contributed by atoms with Gasteiger partial charge in [0.15, 0.2) is 0 Å². The highest BCUT2D eigenvalue weighted by atomic mass is 31.3. The summed E-state index contributed by atoms with van der Waals surface area (Å²) < 4.78 is 51.8. The Bertz CT molecular complexity index is 1030. The number of phosphoric acid groups is 3. The largest absolute Gasteiger partial charge is 0.490 e. The number of phosphoric ester groups is 1. The fourth-order valence-electron chi connectivity index (χ4n) is 2.60. The summed E-state index contributed by atoms with van der Waals surface area (Å²) in [5.41, 5.74) is -2.90. The van der Waals surface area contributed by atoms with E-state index < -0.39 is 59.1 Å². The molecule has 5 atom stereocenters. The number of aliphatic hydroxyl groups is 1. The van der Waals surface area contributed by atoms with Crippen LogP contribution in [-0.2, 0) is 38.1 Å². The van der Waals surface area contributed by atoms with Crippen LogP contribution in [0, 0.1) is 0 Å². The third-order valence-corrected chi connectivity index (χ3v) is 7.59. The van der Waals surface area contributed by atoms with Crippen LogP contribution in [0.2, 0.25) is 0 Å². The van der Waals surface area contributed by atoms with E-state index in [0.717, 1.165) is 10.6 Å². The summed E-state index contributed by atoms with van der Waals surface area (Å²) in [6.07, 6.45) is -1.00. The van der Waals surface area contributed by atoms with Crippen LogP contribution in [0.3, 0.4) is 0 Å². The van der Waals surface area contributed by atoms with E-state index in [9.17, 15) is 33.3 Å². The van der Waals surface area contributed by atoms with Gasteiger partial charge in [0.2, 0.25) is 0 Å². The van der Waals surface area contributed by atoms with Gasteiger partial charge in [0, 0.05) is 18.7 Å². The Balaban J connectivity index is 1.99. The summed E-state index contributed by atoms with van der Waals surface area (Å²) in [5.74, 6) is 0. The summed E-state index contributed by atoms with van der Waals surface area (Å²) >= 11 is 0. The second kappa shape index (κ2) is 8.87. The Labute approximate surface area is 167 Å². The van der Waals surface area contributed by atoms with Gasteiger partial charge in [-0.25, -0.2) is 18.5 Å². The minimum Gasteiger partial charge on any atom is -0.387 e. The van der Waals surface area contributed by atoms with Gasteiger partial charge in [-0.2, -0.15) is 8.62 Å². The zero-order chi connectivity index (χ0) is 23.0. The van der Waals surface area contributed by atoms with Crippen molar-refractivity contribution in [2.24, 2.45) is 0 Å². The number of hydrogen-bond donors (Lipinski definition) is 6. The van der Waals surface area contributed by atoms with Crippen LogP contribution in [-0.4, -0.2) is 58.6 Å². The first kappa shape index (κ1) is 25.3. The lowest BCUT2D eigenvalue weighted by atomic mass is 9.96. The van der Waals surface area contributed by atoms with Gasteiger partial charge in [-0.1, -0.05) is 0 Å². The number of rotatable bonds is 9. The molecule has 1 saturated heterocycles. The van der Waals surface area contributed by atoms with Crippen LogP contribution in [0.4, 0.5) is 0 Å². The summed E-state index contributed by atoms with van der Waals surface area (Å²) in [6.45, 7) is 0.435. The highest BCUT2D eigenvalue weighted by Crippen LogP contribution is 2.66. The van der Waals surface area contributed by atoms with Crippen LogP contribution in [0.25, 0.3) is 0 Å². The van der Waals surface area contributed by atoms with Crippen molar-refractivity contribution in [3.63, 3.8) is 0 Å². The highest BCUT2D eigenvalue weighted by molar-refractivity contribution is 7.66. The van der Waals surface area contributed by atoms with Gasteiger partial charge in [0.05, 0.1) is 24.9 Å². The predicted octanol–water partition coefficient (Wildman–Crippen LogP) is -1.21. The van der Waals surface area contributed by atoms with Crippen LogP contribution in [0.1, 0.15) is 13.3 Å². The van der Waals surface area contributed by atoms with Crippen molar-refractivity contribution in [1.29, 1.82) is 0 Å². The molecule has 6 N–H and O–H groups in total. The van der Waals surface area contributed by atoms with Crippen LogP contribution < -0.4 is 11.2 Å². The van der Waals surface area contributed by atoms with E-state index in [1.54, 1.807) is 0 Å². The van der Waals surface area contributed by atoms with Crippen LogP contribution >= 0.6 is 23.5 Å². The van der Waals surface area contributed by atoms with Crippen LogP contribution in [0.15, 0.2) is 21.9 Å². The zero-order valence-corrected chi connectivity index (χ0v) is 17.8. The summed E-state index contributed by atoms with van der Waals surface area (Å²) in [4.78, 5) is 60.3. The molecule has 1 aromatic rings. The van der Waals surface area contributed by atoms with Gasteiger partial charge in [0.25, 0.3) is 5.56 Å². The first-order valence-electron chi connectivity index (χ1n) is 7.94. The second-order valence-corrected chi connectivity index (χ2v) is 10.9. The standard InChI is InChI=1S/C11H19N2O14P3/c1-11(16)4-7(25-8(11)5-13-3-2-9(14)12-10(13)15)6-24-29(20,21)27-30(22,23)26-28(17,18)19/h2-3,7-8,16H,4-6H2,1H3,(H,20,21)(H,22,23)(H,12,14,15)(H2,17,18,19)/t7-,8-,11+/m0/s1. The number of ether oxygens (including phenoxy) is 1. The average molecular weight is 496 g/mol. The molecule has 1 aliphatic rings. The van der Waals surface area contributed by atoms with Gasteiger partial charge in [-0.05, 0) is 6.92 Å². The third-order valence-electron chi connectivity index (χ3n) is 3.79. The molecule has 0 radical (unpaired) electrons. The molecule has 1 fully saturated rings. The summed E-state index contributed by atoms with van der Waals surface area (Å²) in [7, 11) is -16.5. The van der Waals surface area contributed by atoms with Crippen molar-refractivity contribution in [2.75, 3.05) is 6.61 Å². The highest BCUT2D eigenvalue weighted by Gasteiger charge is 2.46. The molecule has 30 heavy (non-hydrogen) atoms. The molecule has 1 aromatic heterocycles. The summed E-state index contributed by atoms with van der Waals surface area (Å²) in [5, 5.41) is 10.5. The number of nitrogens with zero attached hydrogens (tertiary/aromatic N) is 1. The smallest absolute Gasteiger partial charge is 0.387 e. The molecule has 0 amide bonds. The van der Waals surface area contributed by atoms with Crippen molar-refractivity contribution in [2.45, 2.75) is 37.7 Å². The predicted molar refractivity (Wildman–Crippen MR) is 95.0 cm³/mol. The second-order valence-electron chi connectivity index (χ2n) is 6.46. The van der Waals surface area contributed by atoms with Gasteiger partial charge in [0.1, 0.15) is 6.10 Å². The molecular formula is C11H19N2O14P3. The van der Waals surface area contributed by atoms with Crippen molar-refractivity contribution >= 4 is 23.5 Å². The molecule has 2 unspecified atom stereocenters. The van der Waals surface area contributed by atoms with Crippen molar-refractivity contribution in [3.05, 3.63) is 33.1 Å². The minimum atomic E-state index is -5.65. The van der Waals surface area contributed by atoms with Gasteiger partial charge in [-0.3, -0.25) is 18.9 Å². The molecule has 0 saturated carbocycles. The zero-order valence-electron chi connectivity index (χ0n) is 15.1. The first-order chi connectivity index (χ1) is 13.5. The fourth-order valence-corrected chi connectivity index (χ4v) is 5.65. The van der Waals surface area contributed by atoms with E-state index in [2.05, 4.69) is 13.1 Å². The molecule has 0 bridgehead atoms. The van der Waals surface area contributed by atoms with Crippen molar-refractivity contribution in [3.8, 4) is 0 Å². The maximum atomic E-state index is 11.8. The Morgan fingerprint density at radius 1 is 1.20 bits per heavy atom. The van der Waals surface area contributed by atoms with Crippen molar-refractivity contribution in [1.82, 2.24) is 9.55 Å². The molecule has 0 aromatic carbocycles. The molecule has 172 valence electrons. The Kier molecular flexibility index (Phi) is 7.47. The Hall–Kier alpha value is -0.990. The molecular weight excluding hydrogens is 477 g/mol. The van der Waals surface area contributed by atoms with E-state index in [-0.39, 0.29) is 13.0 Å². The van der Waals surface area contributed by atoms with Crippen molar-refractivity contribution < 1.29 is 56.3 Å². The summed E-state index contributed by atoms with van der Waals surface area (Å²) in [6, 6.07) is 1.08. The SMILES string of the molecule is C[C@@]1(O)C[C@@H](COP(=O)(O)OP(=O)(O)OP(=O)(O)O)O[C@H]1Cn1ccc(=O)[nH]c1=O. The monoisotopic (exact) mass is 496 g/mol. The number of aromatic nitrogens is 2. The van der Waals surface area contributed by atoms with Crippen LogP contribution in [0.5, 0.6) is 0 Å². The molecule has 1 aliphatic heterocycles. The topological polar surface area (TPSA) is 244 Å². The first-order valence-corrected chi connectivity index (χ1v) is 12.5. The number of nitrogens with one attached hydrogen (secondary N) is 1. The molecule has 0 spiro atoms. The maximum Gasteiger partial charge on any atom is 0.490 e. The molecule has 2 rings (SSSR count). The molecule has 19 heteroatoms. The molecule has 16 nitrogen and oxygen atoms in total. The third kappa shape index (κ3) is 7.61. The van der Waals surface area contributed by atoms with E-state index in [1.807, 2.05) is 4.98 Å². The lowest BCUT2D eigenvalue weighted by Crippen LogP contribution is -2.41. The van der Waals surface area contributed by atoms with E-state index in [0.29, 0.717) is 0 Å². The number of hydrogen-bond acceptors (Lipinski definition) is 10. The lowest BCUT2D eigenvalue weighted by Gasteiger charge is -2.24. The minimum absolute atomic E-state index is 0.147. The Morgan fingerprint density at radius 2 is 1.83 bits per heavy atom. The van der Waals surface area contributed by atoms with E-state index >= 15 is 0 Å². The molecule has 0 aliphatic carbocycles. The quantitative estimate of drug-likeness (QED) is 0.220. The average Bonchev–Trinajstić information content (AvgIpc) is 2.79. The van der Waals surface area contributed by atoms with Gasteiger partial charge < -0.3 is 29.4 Å². The fraction of sp³-hybridized carbons (Fsp3) is 0.636. The number of H-pyrrole nitrogens is 1. The normalized spacial score (nSPS) is 28.7. The van der Waals surface area contributed by atoms with E-state index in [1.165, 1.54) is 13.1 Å².